The van der Waals surface area contributed by atoms with Crippen molar-refractivity contribution in [2.75, 3.05) is 13.1 Å². The summed E-state index contributed by atoms with van der Waals surface area (Å²) in [5.41, 5.74) is 1.49. The summed E-state index contributed by atoms with van der Waals surface area (Å²) in [6.45, 7) is 4.93. The quantitative estimate of drug-likeness (QED) is 0.720. The van der Waals surface area contributed by atoms with Crippen LogP contribution in [-0.4, -0.2) is 28.9 Å². The number of pyridine rings is 1. The van der Waals surface area contributed by atoms with E-state index in [-0.39, 0.29) is 5.91 Å². The zero-order valence-electron chi connectivity index (χ0n) is 9.73. The van der Waals surface area contributed by atoms with Gasteiger partial charge in [0.05, 0.1) is 6.54 Å². The Labute approximate surface area is 96.5 Å². The molecule has 0 saturated carbocycles. The molecule has 84 valence electrons. The van der Waals surface area contributed by atoms with Gasteiger partial charge in [0.25, 0.3) is 5.91 Å². The minimum Gasteiger partial charge on any atom is -0.328 e. The van der Waals surface area contributed by atoms with E-state index >= 15 is 0 Å². The zero-order chi connectivity index (χ0) is 12.0. The van der Waals surface area contributed by atoms with Gasteiger partial charge in [-0.15, -0.1) is 6.42 Å². The van der Waals surface area contributed by atoms with E-state index in [1.54, 1.807) is 23.2 Å². The molecule has 16 heavy (non-hydrogen) atoms. The lowest BCUT2D eigenvalue weighted by Gasteiger charge is -2.19. The van der Waals surface area contributed by atoms with Crippen molar-refractivity contribution in [3.05, 3.63) is 29.6 Å². The van der Waals surface area contributed by atoms with Crippen molar-refractivity contribution in [1.29, 1.82) is 0 Å². The van der Waals surface area contributed by atoms with Gasteiger partial charge in [-0.25, -0.2) is 0 Å². The number of rotatable bonds is 4. The fraction of sp³-hybridized carbons (Fsp3) is 0.385. The molecule has 1 heterocycles. The molecule has 0 aromatic carbocycles. The summed E-state index contributed by atoms with van der Waals surface area (Å²) in [6, 6.07) is 3.50. The second kappa shape index (κ2) is 5.92. The van der Waals surface area contributed by atoms with Gasteiger partial charge in [-0.1, -0.05) is 12.8 Å². The largest absolute Gasteiger partial charge is 0.328 e. The third-order valence-corrected chi connectivity index (χ3v) is 2.21. The topological polar surface area (TPSA) is 33.2 Å². The number of amides is 1. The zero-order valence-corrected chi connectivity index (χ0v) is 9.73. The molecule has 1 aromatic heterocycles. The molecular weight excluding hydrogens is 200 g/mol. The molecule has 0 unspecified atom stereocenters. The standard InChI is InChI=1S/C13H16N2O/c1-4-8-15(9-5-2)13(16)12-6-7-14-11(3)10-12/h1,6-7,10H,5,8-9H2,2-3H3. The van der Waals surface area contributed by atoms with E-state index in [9.17, 15) is 4.79 Å². The van der Waals surface area contributed by atoms with E-state index in [2.05, 4.69) is 10.9 Å². The van der Waals surface area contributed by atoms with Gasteiger partial charge < -0.3 is 4.90 Å². The Balaban J connectivity index is 2.86. The highest BCUT2D eigenvalue weighted by Gasteiger charge is 2.13. The van der Waals surface area contributed by atoms with Crippen LogP contribution in [0.3, 0.4) is 0 Å². The summed E-state index contributed by atoms with van der Waals surface area (Å²) < 4.78 is 0. The number of hydrogen-bond donors (Lipinski definition) is 0. The lowest BCUT2D eigenvalue weighted by molar-refractivity contribution is 0.0776. The Bertz CT molecular complexity index is 407. The van der Waals surface area contributed by atoms with Crippen molar-refractivity contribution in [3.8, 4) is 12.3 Å². The van der Waals surface area contributed by atoms with E-state index in [0.29, 0.717) is 18.7 Å². The molecule has 1 amide bonds. The SMILES string of the molecule is C#CCN(CCC)C(=O)c1ccnc(C)c1. The van der Waals surface area contributed by atoms with Gasteiger partial charge in [-0.05, 0) is 25.5 Å². The first-order valence-electron chi connectivity index (χ1n) is 5.34. The van der Waals surface area contributed by atoms with Crippen molar-refractivity contribution in [1.82, 2.24) is 9.88 Å². The Hall–Kier alpha value is -1.82. The molecule has 3 heteroatoms. The number of hydrogen-bond acceptors (Lipinski definition) is 2. The van der Waals surface area contributed by atoms with Gasteiger partial charge in [0, 0.05) is 24.0 Å². The maximum absolute atomic E-state index is 12.1. The smallest absolute Gasteiger partial charge is 0.254 e. The summed E-state index contributed by atoms with van der Waals surface area (Å²) >= 11 is 0. The molecule has 3 nitrogen and oxygen atoms in total. The number of carbonyl (C=O) groups excluding carboxylic acids is 1. The first-order valence-corrected chi connectivity index (χ1v) is 5.34. The summed E-state index contributed by atoms with van der Waals surface area (Å²) in [5.74, 6) is 2.48. The molecule has 1 rings (SSSR count). The molecule has 0 saturated heterocycles. The van der Waals surface area contributed by atoms with E-state index < -0.39 is 0 Å². The van der Waals surface area contributed by atoms with Crippen LogP contribution in [0.5, 0.6) is 0 Å². The Kier molecular flexibility index (Phi) is 4.53. The average Bonchev–Trinajstić information content (AvgIpc) is 2.28. The highest BCUT2D eigenvalue weighted by Crippen LogP contribution is 2.06. The molecule has 1 aromatic rings. The monoisotopic (exact) mass is 216 g/mol. The van der Waals surface area contributed by atoms with E-state index in [1.165, 1.54) is 0 Å². The van der Waals surface area contributed by atoms with Crippen LogP contribution >= 0.6 is 0 Å². The van der Waals surface area contributed by atoms with Gasteiger partial charge in [0.15, 0.2) is 0 Å². The highest BCUT2D eigenvalue weighted by molar-refractivity contribution is 5.94. The van der Waals surface area contributed by atoms with E-state index in [4.69, 9.17) is 6.42 Å². The second-order valence-electron chi connectivity index (χ2n) is 3.62. The third-order valence-electron chi connectivity index (χ3n) is 2.21. The van der Waals surface area contributed by atoms with Crippen LogP contribution in [0.1, 0.15) is 29.4 Å². The lowest BCUT2D eigenvalue weighted by Crippen LogP contribution is -2.32. The number of carbonyl (C=O) groups is 1. The molecule has 0 aliphatic carbocycles. The van der Waals surface area contributed by atoms with Crippen LogP contribution in [0.4, 0.5) is 0 Å². The average molecular weight is 216 g/mol. The van der Waals surface area contributed by atoms with Crippen molar-refractivity contribution < 1.29 is 4.79 Å². The van der Waals surface area contributed by atoms with Crippen LogP contribution in [0.15, 0.2) is 18.3 Å². The fourth-order valence-electron chi connectivity index (χ4n) is 1.49. The van der Waals surface area contributed by atoms with Crippen molar-refractivity contribution >= 4 is 5.91 Å². The van der Waals surface area contributed by atoms with Gasteiger partial charge in [-0.2, -0.15) is 0 Å². The molecule has 0 bridgehead atoms. The predicted molar refractivity (Wildman–Crippen MR) is 64.0 cm³/mol. The lowest BCUT2D eigenvalue weighted by atomic mass is 10.2. The van der Waals surface area contributed by atoms with Crippen LogP contribution in [0.2, 0.25) is 0 Å². The van der Waals surface area contributed by atoms with Gasteiger partial charge in [0.2, 0.25) is 0 Å². The van der Waals surface area contributed by atoms with Crippen LogP contribution in [0.25, 0.3) is 0 Å². The first kappa shape index (κ1) is 12.3. The molecule has 0 atom stereocenters. The molecule has 0 N–H and O–H groups in total. The van der Waals surface area contributed by atoms with Crippen molar-refractivity contribution in [2.45, 2.75) is 20.3 Å². The maximum atomic E-state index is 12.1. The molecule has 0 aliphatic rings. The summed E-state index contributed by atoms with van der Waals surface area (Å²) in [6.07, 6.45) is 7.79. The Morgan fingerprint density at radius 3 is 2.94 bits per heavy atom. The number of terminal acetylenes is 1. The van der Waals surface area contributed by atoms with Crippen LogP contribution in [0, 0.1) is 19.3 Å². The number of aromatic nitrogens is 1. The normalized spacial score (nSPS) is 9.56. The molecule has 0 aliphatic heterocycles. The third kappa shape index (κ3) is 3.09. The summed E-state index contributed by atoms with van der Waals surface area (Å²) in [5, 5.41) is 0. The van der Waals surface area contributed by atoms with E-state index in [0.717, 1.165) is 12.1 Å². The second-order valence-corrected chi connectivity index (χ2v) is 3.62. The van der Waals surface area contributed by atoms with Crippen LogP contribution in [-0.2, 0) is 0 Å². The Morgan fingerprint density at radius 2 is 2.38 bits per heavy atom. The summed E-state index contributed by atoms with van der Waals surface area (Å²) in [7, 11) is 0. The Morgan fingerprint density at radius 1 is 1.62 bits per heavy atom. The summed E-state index contributed by atoms with van der Waals surface area (Å²) in [4.78, 5) is 17.8. The molecular formula is C13H16N2O. The predicted octanol–water partition coefficient (Wildman–Crippen LogP) is 1.88. The highest BCUT2D eigenvalue weighted by atomic mass is 16.2. The maximum Gasteiger partial charge on any atom is 0.254 e. The van der Waals surface area contributed by atoms with Crippen LogP contribution < -0.4 is 0 Å². The molecule has 0 radical (unpaired) electrons. The van der Waals surface area contributed by atoms with Gasteiger partial charge in [0.1, 0.15) is 0 Å². The van der Waals surface area contributed by atoms with E-state index in [1.807, 2.05) is 13.8 Å². The minimum absolute atomic E-state index is 0.0229. The molecule has 0 spiro atoms. The minimum atomic E-state index is -0.0229. The molecule has 0 fully saturated rings. The fourth-order valence-corrected chi connectivity index (χ4v) is 1.49. The number of aryl methyl sites for hydroxylation is 1. The van der Waals surface area contributed by atoms with Crippen molar-refractivity contribution in [2.24, 2.45) is 0 Å². The number of nitrogens with zero attached hydrogens (tertiary/aromatic N) is 2. The van der Waals surface area contributed by atoms with Gasteiger partial charge >= 0.3 is 0 Å². The first-order chi connectivity index (χ1) is 7.69. The van der Waals surface area contributed by atoms with Crippen molar-refractivity contribution in [3.63, 3.8) is 0 Å². The van der Waals surface area contributed by atoms with Gasteiger partial charge in [-0.3, -0.25) is 9.78 Å².